The fourth-order valence-corrected chi connectivity index (χ4v) is 1.01. The third kappa shape index (κ3) is 2.02. The van der Waals surface area contributed by atoms with Crippen LogP contribution in [-0.4, -0.2) is 35.1 Å². The van der Waals surface area contributed by atoms with E-state index < -0.39 is 12.2 Å². The van der Waals surface area contributed by atoms with Crippen LogP contribution in [-0.2, 0) is 4.74 Å². The second-order valence-electron chi connectivity index (χ2n) is 2.95. The van der Waals surface area contributed by atoms with Gasteiger partial charge in [0, 0.05) is 5.92 Å². The molecule has 1 aliphatic heterocycles. The molecule has 0 radical (unpaired) electrons. The Morgan fingerprint density at radius 1 is 1.64 bits per heavy atom. The quantitative estimate of drug-likeness (QED) is 0.445. The minimum atomic E-state index is -0.644. The first-order chi connectivity index (χ1) is 5.16. The lowest BCUT2D eigenvalue weighted by molar-refractivity contribution is 0.0274. The number of hydrogen-bond acceptors (Lipinski definition) is 3. The second kappa shape index (κ2) is 3.34. The molecule has 64 valence electrons. The summed E-state index contributed by atoms with van der Waals surface area (Å²) in [5.74, 6) is -0.194. The van der Waals surface area contributed by atoms with Crippen molar-refractivity contribution in [3.63, 3.8) is 0 Å². The van der Waals surface area contributed by atoms with Gasteiger partial charge in [-0.1, -0.05) is 13.0 Å². The molecule has 0 amide bonds. The van der Waals surface area contributed by atoms with E-state index in [-0.39, 0.29) is 12.0 Å². The molecule has 11 heavy (non-hydrogen) atoms. The van der Waals surface area contributed by atoms with Gasteiger partial charge in [0.25, 0.3) is 0 Å². The number of ether oxygens (including phenoxy) is 1. The Morgan fingerprint density at radius 3 is 2.55 bits per heavy atom. The molecule has 2 N–H and O–H groups in total. The first-order valence-electron chi connectivity index (χ1n) is 3.77. The Morgan fingerprint density at radius 2 is 2.18 bits per heavy atom. The maximum atomic E-state index is 9.43. The Labute approximate surface area is 66.3 Å². The normalized spacial score (nSPS) is 30.6. The average Bonchev–Trinajstić information content (AvgIpc) is 2.82. The van der Waals surface area contributed by atoms with Crippen molar-refractivity contribution in [3.05, 3.63) is 12.7 Å². The highest BCUT2D eigenvalue weighted by molar-refractivity contribution is 4.91. The zero-order valence-electron chi connectivity index (χ0n) is 6.60. The maximum absolute atomic E-state index is 9.43. The number of aliphatic hydroxyl groups is 2. The van der Waals surface area contributed by atoms with Crippen LogP contribution in [0.15, 0.2) is 12.7 Å². The SMILES string of the molecule is C=C[C@@H](O)[C@H](C)[C@@H](O)[C@H]1CO1. The fraction of sp³-hybridized carbons (Fsp3) is 0.750. The first-order valence-corrected chi connectivity index (χ1v) is 3.77. The largest absolute Gasteiger partial charge is 0.390 e. The summed E-state index contributed by atoms with van der Waals surface area (Å²) >= 11 is 0. The van der Waals surface area contributed by atoms with Crippen LogP contribution in [0.5, 0.6) is 0 Å². The lowest BCUT2D eigenvalue weighted by Gasteiger charge is -2.19. The molecule has 0 aromatic heterocycles. The summed E-state index contributed by atoms with van der Waals surface area (Å²) in [4.78, 5) is 0. The van der Waals surface area contributed by atoms with Gasteiger partial charge in [-0.25, -0.2) is 0 Å². The predicted octanol–water partition coefficient (Wildman–Crippen LogP) is -0.0709. The van der Waals surface area contributed by atoms with E-state index in [1.807, 2.05) is 0 Å². The molecule has 3 heteroatoms. The zero-order chi connectivity index (χ0) is 8.43. The van der Waals surface area contributed by atoms with E-state index in [2.05, 4.69) is 6.58 Å². The Kier molecular flexibility index (Phi) is 2.65. The number of epoxide rings is 1. The molecule has 4 atom stereocenters. The van der Waals surface area contributed by atoms with Crippen LogP contribution in [0.4, 0.5) is 0 Å². The van der Waals surface area contributed by atoms with Gasteiger partial charge in [-0.2, -0.15) is 0 Å². The van der Waals surface area contributed by atoms with Gasteiger partial charge < -0.3 is 14.9 Å². The summed E-state index contributed by atoms with van der Waals surface area (Å²) in [6.45, 7) is 5.82. The van der Waals surface area contributed by atoms with Gasteiger partial charge in [-0.3, -0.25) is 0 Å². The van der Waals surface area contributed by atoms with Crippen LogP contribution in [0, 0.1) is 5.92 Å². The summed E-state index contributed by atoms with van der Waals surface area (Å²) in [5, 5.41) is 18.7. The third-order valence-electron chi connectivity index (χ3n) is 2.06. The summed E-state index contributed by atoms with van der Waals surface area (Å²) in [7, 11) is 0. The molecule has 0 aliphatic carbocycles. The maximum Gasteiger partial charge on any atom is 0.107 e. The lowest BCUT2D eigenvalue weighted by Crippen LogP contribution is -2.32. The van der Waals surface area contributed by atoms with E-state index in [1.165, 1.54) is 6.08 Å². The standard InChI is InChI=1S/C8H14O3/c1-3-6(9)5(2)8(10)7-4-11-7/h3,5-10H,1,4H2,2H3/t5-,6+,7+,8+/m0/s1. The van der Waals surface area contributed by atoms with Crippen molar-refractivity contribution >= 4 is 0 Å². The highest BCUT2D eigenvalue weighted by Gasteiger charge is 2.36. The predicted molar refractivity (Wildman–Crippen MR) is 41.1 cm³/mol. The second-order valence-corrected chi connectivity index (χ2v) is 2.95. The summed E-state index contributed by atoms with van der Waals surface area (Å²) in [6.07, 6.45) is 0.146. The van der Waals surface area contributed by atoms with Crippen molar-refractivity contribution in [3.8, 4) is 0 Å². The van der Waals surface area contributed by atoms with Crippen molar-refractivity contribution in [2.75, 3.05) is 6.61 Å². The van der Waals surface area contributed by atoms with Gasteiger partial charge in [0.05, 0.1) is 18.8 Å². The molecule has 0 bridgehead atoms. The molecule has 0 aromatic carbocycles. The van der Waals surface area contributed by atoms with Crippen LogP contribution in [0.1, 0.15) is 6.92 Å². The van der Waals surface area contributed by atoms with Crippen molar-refractivity contribution < 1.29 is 14.9 Å². The molecule has 1 heterocycles. The molecular formula is C8H14O3. The molecule has 1 aliphatic rings. The Bertz CT molecular complexity index is 142. The first kappa shape index (κ1) is 8.71. The van der Waals surface area contributed by atoms with Gasteiger partial charge in [-0.05, 0) is 0 Å². The van der Waals surface area contributed by atoms with E-state index in [1.54, 1.807) is 6.92 Å². The molecule has 0 unspecified atom stereocenters. The van der Waals surface area contributed by atoms with Crippen molar-refractivity contribution in [2.45, 2.75) is 25.2 Å². The number of hydrogen-bond donors (Lipinski definition) is 2. The average molecular weight is 158 g/mol. The Hall–Kier alpha value is -0.380. The molecule has 3 nitrogen and oxygen atoms in total. The van der Waals surface area contributed by atoms with Gasteiger partial charge in [0.15, 0.2) is 0 Å². The van der Waals surface area contributed by atoms with Crippen LogP contribution >= 0.6 is 0 Å². The Balaban J connectivity index is 2.37. The third-order valence-corrected chi connectivity index (χ3v) is 2.06. The topological polar surface area (TPSA) is 53.0 Å². The fourth-order valence-electron chi connectivity index (χ4n) is 1.01. The van der Waals surface area contributed by atoms with Crippen LogP contribution in [0.2, 0.25) is 0 Å². The van der Waals surface area contributed by atoms with Gasteiger partial charge in [-0.15, -0.1) is 6.58 Å². The molecule has 1 rings (SSSR count). The van der Waals surface area contributed by atoms with Crippen LogP contribution in [0.25, 0.3) is 0 Å². The zero-order valence-corrected chi connectivity index (χ0v) is 6.60. The summed E-state index contributed by atoms with van der Waals surface area (Å²) in [5.41, 5.74) is 0. The van der Waals surface area contributed by atoms with E-state index in [4.69, 9.17) is 4.74 Å². The van der Waals surface area contributed by atoms with E-state index in [0.717, 1.165) is 0 Å². The molecule has 0 spiro atoms. The van der Waals surface area contributed by atoms with Gasteiger partial charge in [0.2, 0.25) is 0 Å². The van der Waals surface area contributed by atoms with Crippen molar-refractivity contribution in [1.29, 1.82) is 0 Å². The summed E-state index contributed by atoms with van der Waals surface area (Å²) in [6, 6.07) is 0. The highest BCUT2D eigenvalue weighted by atomic mass is 16.6. The van der Waals surface area contributed by atoms with E-state index in [9.17, 15) is 10.2 Å². The van der Waals surface area contributed by atoms with Crippen LogP contribution < -0.4 is 0 Å². The van der Waals surface area contributed by atoms with Crippen LogP contribution in [0.3, 0.4) is 0 Å². The summed E-state index contributed by atoms with van der Waals surface area (Å²) < 4.78 is 4.89. The monoisotopic (exact) mass is 158 g/mol. The minimum Gasteiger partial charge on any atom is -0.390 e. The number of rotatable bonds is 4. The molecule has 1 fully saturated rings. The van der Waals surface area contributed by atoms with Gasteiger partial charge >= 0.3 is 0 Å². The van der Waals surface area contributed by atoms with Gasteiger partial charge in [0.1, 0.15) is 6.10 Å². The van der Waals surface area contributed by atoms with E-state index in [0.29, 0.717) is 6.61 Å². The van der Waals surface area contributed by atoms with Crippen molar-refractivity contribution in [1.82, 2.24) is 0 Å². The molecular weight excluding hydrogens is 144 g/mol. The molecule has 1 saturated heterocycles. The molecule has 0 aromatic rings. The number of aliphatic hydroxyl groups excluding tert-OH is 2. The molecule has 0 saturated carbocycles. The minimum absolute atomic E-state index is 0.0698. The van der Waals surface area contributed by atoms with E-state index >= 15 is 0 Å². The highest BCUT2D eigenvalue weighted by Crippen LogP contribution is 2.22. The van der Waals surface area contributed by atoms with Crippen molar-refractivity contribution in [2.24, 2.45) is 5.92 Å². The smallest absolute Gasteiger partial charge is 0.107 e. The lowest BCUT2D eigenvalue weighted by atomic mass is 9.96.